The third kappa shape index (κ3) is 1.55. The molecular weight excluding hydrogens is 218 g/mol. The van der Waals surface area contributed by atoms with Gasteiger partial charge in [0.05, 0.1) is 23.4 Å². The van der Waals surface area contributed by atoms with Crippen LogP contribution in [-0.2, 0) is 0 Å². The van der Waals surface area contributed by atoms with Crippen molar-refractivity contribution in [1.29, 1.82) is 0 Å². The first kappa shape index (κ1) is 9.59. The minimum Gasteiger partial charge on any atom is -0.384 e. The van der Waals surface area contributed by atoms with Crippen molar-refractivity contribution >= 4 is 16.9 Å². The number of hydrogen-bond donors (Lipinski definition) is 3. The number of benzene rings is 1. The molecule has 17 heavy (non-hydrogen) atoms. The predicted octanol–water partition coefficient (Wildman–Crippen LogP) is 0.895. The molecular formula is C11H9N5O. The van der Waals surface area contributed by atoms with Gasteiger partial charge in [0.2, 0.25) is 0 Å². The lowest BCUT2D eigenvalue weighted by Gasteiger charge is -2.01. The van der Waals surface area contributed by atoms with Gasteiger partial charge in [0.1, 0.15) is 5.82 Å². The number of nitrogens with one attached hydrogen (secondary N) is 2. The number of anilines is 1. The fourth-order valence-corrected chi connectivity index (χ4v) is 1.73. The number of nitrogens with zero attached hydrogens (tertiary/aromatic N) is 2. The fraction of sp³-hybridized carbons (Fsp3) is 0. The second-order valence-corrected chi connectivity index (χ2v) is 3.68. The summed E-state index contributed by atoms with van der Waals surface area (Å²) in [5.74, 6) is 0.508. The number of aromatic amines is 2. The maximum atomic E-state index is 11.1. The van der Waals surface area contributed by atoms with Crippen LogP contribution in [0.3, 0.4) is 0 Å². The number of fused-ring (bicyclic) bond motifs is 1. The van der Waals surface area contributed by atoms with Gasteiger partial charge in [0, 0.05) is 5.56 Å². The Bertz CT molecular complexity index is 743. The second-order valence-electron chi connectivity index (χ2n) is 3.68. The zero-order chi connectivity index (χ0) is 11.8. The summed E-state index contributed by atoms with van der Waals surface area (Å²) >= 11 is 0. The Balaban J connectivity index is 2.24. The molecule has 0 atom stereocenters. The normalized spacial score (nSPS) is 10.8. The van der Waals surface area contributed by atoms with Crippen LogP contribution in [-0.4, -0.2) is 20.2 Å². The molecule has 4 N–H and O–H groups in total. The van der Waals surface area contributed by atoms with Crippen LogP contribution in [0.5, 0.6) is 0 Å². The summed E-state index contributed by atoms with van der Waals surface area (Å²) in [5.41, 5.74) is 8.66. The molecule has 0 spiro atoms. The molecule has 84 valence electrons. The molecule has 0 aliphatic carbocycles. The Kier molecular flexibility index (Phi) is 1.94. The second kappa shape index (κ2) is 3.44. The van der Waals surface area contributed by atoms with Gasteiger partial charge in [-0.15, -0.1) is 0 Å². The van der Waals surface area contributed by atoms with E-state index in [1.54, 1.807) is 12.3 Å². The molecule has 0 amide bonds. The van der Waals surface area contributed by atoms with E-state index in [9.17, 15) is 4.79 Å². The van der Waals surface area contributed by atoms with Crippen molar-refractivity contribution in [3.8, 4) is 11.1 Å². The Morgan fingerprint density at radius 2 is 2.12 bits per heavy atom. The van der Waals surface area contributed by atoms with Gasteiger partial charge >= 0.3 is 0 Å². The number of nitrogens with two attached hydrogens (primary N) is 1. The molecule has 0 bridgehead atoms. The third-order valence-electron chi connectivity index (χ3n) is 2.56. The van der Waals surface area contributed by atoms with Crippen molar-refractivity contribution in [2.24, 2.45) is 0 Å². The Labute approximate surface area is 95.5 Å². The Morgan fingerprint density at radius 3 is 2.88 bits per heavy atom. The molecule has 0 aliphatic heterocycles. The van der Waals surface area contributed by atoms with Crippen molar-refractivity contribution in [3.05, 3.63) is 40.9 Å². The van der Waals surface area contributed by atoms with Crippen LogP contribution in [0.4, 0.5) is 5.82 Å². The summed E-state index contributed by atoms with van der Waals surface area (Å²) in [6.07, 6.45) is 2.91. The Hall–Kier alpha value is -2.63. The lowest BCUT2D eigenvalue weighted by Crippen LogP contribution is -2.04. The van der Waals surface area contributed by atoms with Crippen molar-refractivity contribution in [1.82, 2.24) is 20.2 Å². The zero-order valence-electron chi connectivity index (χ0n) is 8.77. The number of nitrogen functional groups attached to an aromatic ring is 1. The maximum absolute atomic E-state index is 11.1. The van der Waals surface area contributed by atoms with Crippen molar-refractivity contribution in [2.45, 2.75) is 0 Å². The molecule has 0 unspecified atom stereocenters. The molecule has 3 rings (SSSR count). The number of aromatic nitrogens is 4. The number of hydrogen-bond acceptors (Lipinski definition) is 4. The van der Waals surface area contributed by atoms with E-state index in [4.69, 9.17) is 5.73 Å². The molecule has 0 radical (unpaired) electrons. The topological polar surface area (TPSA) is 100 Å². The summed E-state index contributed by atoms with van der Waals surface area (Å²) in [4.78, 5) is 17.9. The van der Waals surface area contributed by atoms with Gasteiger partial charge in [-0.25, -0.2) is 4.98 Å². The minimum absolute atomic E-state index is 0.215. The van der Waals surface area contributed by atoms with E-state index in [0.717, 1.165) is 11.1 Å². The maximum Gasteiger partial charge on any atom is 0.266 e. The highest BCUT2D eigenvalue weighted by molar-refractivity contribution is 5.83. The van der Waals surface area contributed by atoms with Crippen LogP contribution in [0.15, 0.2) is 35.4 Å². The van der Waals surface area contributed by atoms with E-state index >= 15 is 0 Å². The minimum atomic E-state index is -0.215. The molecule has 6 heteroatoms. The van der Waals surface area contributed by atoms with Gasteiger partial charge < -0.3 is 10.7 Å². The van der Waals surface area contributed by atoms with Gasteiger partial charge in [-0.2, -0.15) is 5.10 Å². The van der Waals surface area contributed by atoms with Crippen LogP contribution in [0.25, 0.3) is 22.2 Å². The molecule has 3 aromatic rings. The molecule has 2 heterocycles. The molecule has 1 aromatic carbocycles. The smallest absolute Gasteiger partial charge is 0.266 e. The molecule has 2 aromatic heterocycles. The lowest BCUT2D eigenvalue weighted by molar-refractivity contribution is 1.10. The van der Waals surface area contributed by atoms with Crippen LogP contribution in [0, 0.1) is 0 Å². The first-order valence-corrected chi connectivity index (χ1v) is 5.02. The van der Waals surface area contributed by atoms with Crippen molar-refractivity contribution in [2.75, 3.05) is 5.73 Å². The summed E-state index contributed by atoms with van der Waals surface area (Å²) < 4.78 is 0. The third-order valence-corrected chi connectivity index (χ3v) is 2.56. The van der Waals surface area contributed by atoms with Crippen LogP contribution < -0.4 is 11.3 Å². The highest BCUT2D eigenvalue weighted by atomic mass is 16.1. The molecule has 0 saturated heterocycles. The molecule has 0 fully saturated rings. The van der Waals surface area contributed by atoms with E-state index in [-0.39, 0.29) is 5.56 Å². The van der Waals surface area contributed by atoms with Crippen LogP contribution >= 0.6 is 0 Å². The highest BCUT2D eigenvalue weighted by Gasteiger charge is 2.06. The number of rotatable bonds is 1. The first-order valence-electron chi connectivity index (χ1n) is 5.02. The predicted molar refractivity (Wildman–Crippen MR) is 64.4 cm³/mol. The summed E-state index contributed by atoms with van der Waals surface area (Å²) in [6, 6.07) is 5.51. The van der Waals surface area contributed by atoms with Crippen molar-refractivity contribution in [3.63, 3.8) is 0 Å². The largest absolute Gasteiger partial charge is 0.384 e. The van der Waals surface area contributed by atoms with E-state index < -0.39 is 0 Å². The average Bonchev–Trinajstić information content (AvgIpc) is 2.75. The fourth-order valence-electron chi connectivity index (χ4n) is 1.73. The quantitative estimate of drug-likeness (QED) is 0.574. The van der Waals surface area contributed by atoms with Gasteiger partial charge in [0.25, 0.3) is 5.56 Å². The van der Waals surface area contributed by atoms with Gasteiger partial charge in [-0.05, 0) is 17.7 Å². The monoisotopic (exact) mass is 227 g/mol. The average molecular weight is 227 g/mol. The summed E-state index contributed by atoms with van der Waals surface area (Å²) in [7, 11) is 0. The number of H-pyrrole nitrogens is 2. The van der Waals surface area contributed by atoms with E-state index in [1.807, 2.05) is 12.1 Å². The standard InChI is InChI=1S/C11H9N5O/c12-11-7(4-14-16-11)6-1-2-8-9(3-6)13-5-10(17)15-8/h1-5H,(H,15,17)(H3,12,14,16). The lowest BCUT2D eigenvalue weighted by atomic mass is 10.1. The molecule has 0 aliphatic rings. The van der Waals surface area contributed by atoms with E-state index in [1.165, 1.54) is 6.20 Å². The van der Waals surface area contributed by atoms with Crippen molar-refractivity contribution < 1.29 is 0 Å². The SMILES string of the molecule is Nc1[nH]ncc1-c1ccc2[nH]c(=O)cnc2c1. The molecule has 0 saturated carbocycles. The first-order chi connectivity index (χ1) is 8.24. The van der Waals surface area contributed by atoms with Gasteiger partial charge in [-0.1, -0.05) is 6.07 Å². The van der Waals surface area contributed by atoms with E-state index in [0.29, 0.717) is 16.9 Å². The Morgan fingerprint density at radius 1 is 1.24 bits per heavy atom. The van der Waals surface area contributed by atoms with E-state index in [2.05, 4.69) is 20.2 Å². The zero-order valence-corrected chi connectivity index (χ0v) is 8.77. The highest BCUT2D eigenvalue weighted by Crippen LogP contribution is 2.25. The van der Waals surface area contributed by atoms with Gasteiger partial charge in [0.15, 0.2) is 0 Å². The van der Waals surface area contributed by atoms with Crippen LogP contribution in [0.2, 0.25) is 0 Å². The summed E-state index contributed by atoms with van der Waals surface area (Å²) in [5, 5.41) is 6.54. The summed E-state index contributed by atoms with van der Waals surface area (Å²) in [6.45, 7) is 0. The van der Waals surface area contributed by atoms with Crippen LogP contribution in [0.1, 0.15) is 0 Å². The van der Waals surface area contributed by atoms with Gasteiger partial charge in [-0.3, -0.25) is 9.89 Å². The molecule has 6 nitrogen and oxygen atoms in total.